The van der Waals surface area contributed by atoms with E-state index in [1.807, 2.05) is 0 Å². The van der Waals surface area contributed by atoms with Gasteiger partial charge in [-0.1, -0.05) is 164 Å². The van der Waals surface area contributed by atoms with Crippen molar-refractivity contribution in [3.63, 3.8) is 0 Å². The van der Waals surface area contributed by atoms with E-state index >= 15 is 0 Å². The fourth-order valence-electron chi connectivity index (χ4n) is 9.01. The molecule has 0 aromatic heterocycles. The van der Waals surface area contributed by atoms with Gasteiger partial charge in [-0.25, -0.2) is 0 Å². The van der Waals surface area contributed by atoms with Crippen LogP contribution in [0.15, 0.2) is 188 Å². The molecule has 0 fully saturated rings. The standard InChI is InChI=1S/C49H34O/c1-48(36-17-4-2-5-18-36)43-24-12-13-25-45(43)50-46-26-14-22-39(47(46)48)33-27-29-38(30-28-33)49(37-19-6-3-7-20-37)42-23-11-10-21-40(42)41-31-34-15-8-9-16-35(34)32-44(41)49/h2-32H,1H3. The minimum absolute atomic E-state index is 0.406. The predicted octanol–water partition coefficient (Wildman–Crippen LogP) is 12.3. The molecule has 0 bridgehead atoms. The van der Waals surface area contributed by atoms with Crippen molar-refractivity contribution in [2.75, 3.05) is 0 Å². The molecule has 8 aromatic rings. The maximum absolute atomic E-state index is 6.65. The summed E-state index contributed by atoms with van der Waals surface area (Å²) in [4.78, 5) is 0. The molecule has 2 aliphatic rings. The molecule has 50 heavy (non-hydrogen) atoms. The lowest BCUT2D eigenvalue weighted by Crippen LogP contribution is -2.30. The topological polar surface area (TPSA) is 9.23 Å². The summed E-state index contributed by atoms with van der Waals surface area (Å²) in [6, 6.07) is 68.8. The van der Waals surface area contributed by atoms with Crippen LogP contribution >= 0.6 is 0 Å². The highest BCUT2D eigenvalue weighted by Gasteiger charge is 2.46. The van der Waals surface area contributed by atoms with Gasteiger partial charge in [0.2, 0.25) is 0 Å². The molecule has 2 atom stereocenters. The second-order valence-electron chi connectivity index (χ2n) is 13.8. The van der Waals surface area contributed by atoms with Crippen LogP contribution in [0.3, 0.4) is 0 Å². The predicted molar refractivity (Wildman–Crippen MR) is 205 cm³/mol. The number of rotatable bonds is 4. The van der Waals surface area contributed by atoms with Crippen molar-refractivity contribution >= 4 is 10.8 Å². The Morgan fingerprint density at radius 3 is 1.70 bits per heavy atom. The van der Waals surface area contributed by atoms with E-state index in [-0.39, 0.29) is 0 Å². The van der Waals surface area contributed by atoms with E-state index in [9.17, 15) is 0 Å². The first-order valence-corrected chi connectivity index (χ1v) is 17.4. The second-order valence-corrected chi connectivity index (χ2v) is 13.8. The Labute approximate surface area is 293 Å². The summed E-state index contributed by atoms with van der Waals surface area (Å²) in [6.45, 7) is 2.35. The lowest BCUT2D eigenvalue weighted by Gasteiger charge is -2.39. The van der Waals surface area contributed by atoms with Crippen LogP contribution in [0.2, 0.25) is 0 Å². The Hall–Kier alpha value is -6.18. The molecule has 0 N–H and O–H groups in total. The van der Waals surface area contributed by atoms with E-state index in [1.54, 1.807) is 0 Å². The number of benzene rings is 8. The molecule has 0 saturated carbocycles. The molecular weight excluding hydrogens is 605 g/mol. The van der Waals surface area contributed by atoms with Gasteiger partial charge in [0.05, 0.1) is 10.8 Å². The number of hydrogen-bond donors (Lipinski definition) is 0. The molecule has 0 radical (unpaired) electrons. The van der Waals surface area contributed by atoms with E-state index in [4.69, 9.17) is 4.74 Å². The highest BCUT2D eigenvalue weighted by molar-refractivity contribution is 5.96. The van der Waals surface area contributed by atoms with Crippen molar-refractivity contribution < 1.29 is 4.74 Å². The molecule has 0 amide bonds. The largest absolute Gasteiger partial charge is 0.457 e. The smallest absolute Gasteiger partial charge is 0.132 e. The van der Waals surface area contributed by atoms with Crippen molar-refractivity contribution in [2.24, 2.45) is 0 Å². The number of hydrogen-bond acceptors (Lipinski definition) is 1. The fraction of sp³-hybridized carbons (Fsp3) is 0.0612. The maximum atomic E-state index is 6.65. The molecular formula is C49H34O. The number of fused-ring (bicyclic) bond motifs is 6. The van der Waals surface area contributed by atoms with Crippen molar-refractivity contribution in [3.8, 4) is 33.8 Å². The van der Waals surface area contributed by atoms with Crippen molar-refractivity contribution in [2.45, 2.75) is 17.8 Å². The minimum Gasteiger partial charge on any atom is -0.457 e. The first kappa shape index (κ1) is 28.8. The quantitative estimate of drug-likeness (QED) is 0.186. The Kier molecular flexibility index (Phi) is 6.29. The molecule has 1 heterocycles. The van der Waals surface area contributed by atoms with Gasteiger partial charge in [0.15, 0.2) is 0 Å². The van der Waals surface area contributed by atoms with Crippen molar-refractivity contribution in [1.29, 1.82) is 0 Å². The third kappa shape index (κ3) is 3.95. The first-order chi connectivity index (χ1) is 24.7. The molecule has 1 heteroatoms. The third-order valence-corrected chi connectivity index (χ3v) is 11.3. The van der Waals surface area contributed by atoms with Crippen LogP contribution < -0.4 is 4.74 Å². The van der Waals surface area contributed by atoms with Crippen LogP contribution in [-0.4, -0.2) is 0 Å². The lowest BCUT2D eigenvalue weighted by molar-refractivity contribution is 0.428. The molecule has 2 unspecified atom stereocenters. The third-order valence-electron chi connectivity index (χ3n) is 11.3. The van der Waals surface area contributed by atoms with Crippen LogP contribution in [0.25, 0.3) is 33.0 Å². The van der Waals surface area contributed by atoms with Gasteiger partial charge in [-0.3, -0.25) is 0 Å². The van der Waals surface area contributed by atoms with E-state index in [0.717, 1.165) is 11.5 Å². The molecule has 0 saturated heterocycles. The monoisotopic (exact) mass is 638 g/mol. The van der Waals surface area contributed by atoms with Crippen LogP contribution in [0.1, 0.15) is 45.9 Å². The highest BCUT2D eigenvalue weighted by Crippen LogP contribution is 2.58. The van der Waals surface area contributed by atoms with Crippen molar-refractivity contribution in [3.05, 3.63) is 227 Å². The molecule has 236 valence electrons. The summed E-state index contributed by atoms with van der Waals surface area (Å²) in [7, 11) is 0. The summed E-state index contributed by atoms with van der Waals surface area (Å²) in [5.74, 6) is 1.82. The molecule has 10 rings (SSSR count). The summed E-state index contributed by atoms with van der Waals surface area (Å²) in [5, 5.41) is 2.52. The average Bonchev–Trinajstić information content (AvgIpc) is 3.47. The zero-order valence-electron chi connectivity index (χ0n) is 27.8. The van der Waals surface area contributed by atoms with Gasteiger partial charge in [-0.05, 0) is 92.0 Å². The number of para-hydroxylation sites is 1. The zero-order valence-corrected chi connectivity index (χ0v) is 27.8. The van der Waals surface area contributed by atoms with Gasteiger partial charge in [0.25, 0.3) is 0 Å². The average molecular weight is 639 g/mol. The van der Waals surface area contributed by atoms with Crippen LogP contribution in [0, 0.1) is 0 Å². The molecule has 1 nitrogen and oxygen atoms in total. The zero-order chi connectivity index (χ0) is 33.3. The molecule has 0 spiro atoms. The maximum Gasteiger partial charge on any atom is 0.132 e. The minimum atomic E-state index is -0.466. The van der Waals surface area contributed by atoms with Gasteiger partial charge in [0, 0.05) is 11.1 Å². The lowest BCUT2D eigenvalue weighted by atomic mass is 9.66. The van der Waals surface area contributed by atoms with E-state index in [2.05, 4.69) is 195 Å². The van der Waals surface area contributed by atoms with E-state index in [0.29, 0.717) is 0 Å². The normalized spacial score (nSPS) is 18.4. The highest BCUT2D eigenvalue weighted by atomic mass is 16.5. The number of ether oxygens (including phenoxy) is 1. The SMILES string of the molecule is CC1(c2ccccc2)c2ccccc2Oc2cccc(-c3ccc(C4(c5ccccc5)c5ccccc5-c5cc6ccccc6cc54)cc3)c21. The Morgan fingerprint density at radius 2 is 0.940 bits per heavy atom. The van der Waals surface area contributed by atoms with Gasteiger partial charge in [-0.15, -0.1) is 0 Å². The Balaban J connectivity index is 1.20. The summed E-state index contributed by atoms with van der Waals surface area (Å²) in [5.41, 5.74) is 12.9. The fourth-order valence-corrected chi connectivity index (χ4v) is 9.01. The van der Waals surface area contributed by atoms with Gasteiger partial charge in [-0.2, -0.15) is 0 Å². The van der Waals surface area contributed by atoms with Gasteiger partial charge >= 0.3 is 0 Å². The van der Waals surface area contributed by atoms with Crippen LogP contribution in [0.4, 0.5) is 0 Å². The van der Waals surface area contributed by atoms with Crippen LogP contribution in [0.5, 0.6) is 11.5 Å². The Bertz CT molecular complexity index is 2570. The van der Waals surface area contributed by atoms with E-state index in [1.165, 1.54) is 72.0 Å². The molecule has 1 aliphatic heterocycles. The molecule has 1 aliphatic carbocycles. The van der Waals surface area contributed by atoms with Gasteiger partial charge < -0.3 is 4.74 Å². The first-order valence-electron chi connectivity index (χ1n) is 17.4. The van der Waals surface area contributed by atoms with E-state index < -0.39 is 10.8 Å². The summed E-state index contributed by atoms with van der Waals surface area (Å²) in [6.07, 6.45) is 0. The van der Waals surface area contributed by atoms with Crippen molar-refractivity contribution in [1.82, 2.24) is 0 Å². The van der Waals surface area contributed by atoms with Crippen LogP contribution in [-0.2, 0) is 10.8 Å². The Morgan fingerprint density at radius 1 is 0.380 bits per heavy atom. The summed E-state index contributed by atoms with van der Waals surface area (Å²) >= 11 is 0. The second kappa shape index (κ2) is 10.9. The van der Waals surface area contributed by atoms with Gasteiger partial charge in [0.1, 0.15) is 11.5 Å². The summed E-state index contributed by atoms with van der Waals surface area (Å²) < 4.78 is 6.65. The molecule has 8 aromatic carbocycles.